The minimum absolute atomic E-state index is 0.104. The summed E-state index contributed by atoms with van der Waals surface area (Å²) in [4.78, 5) is 4.65. The van der Waals surface area contributed by atoms with E-state index >= 15 is 0 Å². The Balaban J connectivity index is 1.97. The maximum Gasteiger partial charge on any atom is 0.141 e. The fraction of sp³-hybridized carbons (Fsp3) is 0.357. The summed E-state index contributed by atoms with van der Waals surface area (Å²) >= 11 is 7.36. The summed E-state index contributed by atoms with van der Waals surface area (Å²) in [6.07, 6.45) is 4.91. The van der Waals surface area contributed by atoms with Gasteiger partial charge in [-0.25, -0.2) is 9.37 Å². The molecule has 2 nitrogen and oxygen atoms in total. The summed E-state index contributed by atoms with van der Waals surface area (Å²) in [6.45, 7) is 0. The first kappa shape index (κ1) is 12.9. The van der Waals surface area contributed by atoms with Gasteiger partial charge in [-0.1, -0.05) is 24.4 Å². The number of benzene rings is 1. The van der Waals surface area contributed by atoms with Crippen molar-refractivity contribution in [2.45, 2.75) is 31.6 Å². The molecule has 0 bridgehead atoms. The minimum atomic E-state index is -0.421. The van der Waals surface area contributed by atoms with Crippen LogP contribution in [0.3, 0.4) is 0 Å². The first-order chi connectivity index (χ1) is 9.15. The molecule has 5 heteroatoms. The highest BCUT2D eigenvalue weighted by molar-refractivity contribution is 7.16. The van der Waals surface area contributed by atoms with Crippen LogP contribution in [-0.2, 0) is 0 Å². The Labute approximate surface area is 120 Å². The van der Waals surface area contributed by atoms with Crippen molar-refractivity contribution >= 4 is 27.9 Å². The fourth-order valence-corrected chi connectivity index (χ4v) is 3.75. The molecule has 1 heterocycles. The first-order valence-corrected chi connectivity index (χ1v) is 7.56. The number of thiazole rings is 1. The van der Waals surface area contributed by atoms with Gasteiger partial charge in [0, 0.05) is 11.5 Å². The van der Waals surface area contributed by atoms with Crippen LogP contribution in [0, 0.1) is 5.82 Å². The van der Waals surface area contributed by atoms with Crippen LogP contribution in [0.25, 0.3) is 11.3 Å². The summed E-state index contributed by atoms with van der Waals surface area (Å²) in [7, 11) is 0. The quantitative estimate of drug-likeness (QED) is 0.861. The van der Waals surface area contributed by atoms with Crippen LogP contribution in [0.5, 0.6) is 0 Å². The molecule has 2 N–H and O–H groups in total. The van der Waals surface area contributed by atoms with E-state index in [9.17, 15) is 4.39 Å². The van der Waals surface area contributed by atoms with Gasteiger partial charge < -0.3 is 5.73 Å². The molecule has 1 aliphatic carbocycles. The second-order valence-corrected chi connectivity index (χ2v) is 6.34. The molecule has 1 saturated carbocycles. The van der Waals surface area contributed by atoms with Gasteiger partial charge >= 0.3 is 0 Å². The molecule has 0 unspecified atom stereocenters. The highest BCUT2D eigenvalue weighted by Crippen LogP contribution is 2.41. The third kappa shape index (κ3) is 2.47. The number of aromatic nitrogens is 1. The molecule has 3 rings (SSSR count). The number of nitrogen functional groups attached to an aromatic ring is 1. The van der Waals surface area contributed by atoms with Gasteiger partial charge in [0.1, 0.15) is 16.5 Å². The molecule has 100 valence electrons. The van der Waals surface area contributed by atoms with E-state index in [2.05, 4.69) is 4.98 Å². The fourth-order valence-electron chi connectivity index (χ4n) is 2.55. The van der Waals surface area contributed by atoms with Crippen LogP contribution >= 0.6 is 22.9 Å². The first-order valence-electron chi connectivity index (χ1n) is 6.37. The summed E-state index contributed by atoms with van der Waals surface area (Å²) in [5.74, 6) is 0.118. The lowest BCUT2D eigenvalue weighted by atomic mass is 10.1. The number of halogens is 2. The number of hydrogen-bond donors (Lipinski definition) is 1. The molecule has 1 fully saturated rings. The van der Waals surface area contributed by atoms with Gasteiger partial charge in [0.2, 0.25) is 0 Å². The smallest absolute Gasteiger partial charge is 0.141 e. The summed E-state index contributed by atoms with van der Waals surface area (Å²) in [6, 6.07) is 4.61. The van der Waals surface area contributed by atoms with Crippen molar-refractivity contribution in [1.29, 1.82) is 0 Å². The van der Waals surface area contributed by atoms with Crippen molar-refractivity contribution < 1.29 is 4.39 Å². The number of nitrogens with zero attached hydrogens (tertiary/aromatic N) is 1. The van der Waals surface area contributed by atoms with Gasteiger partial charge in [0.05, 0.1) is 10.0 Å². The lowest BCUT2D eigenvalue weighted by molar-refractivity contribution is 0.628. The van der Waals surface area contributed by atoms with Gasteiger partial charge in [-0.05, 0) is 31.0 Å². The number of anilines is 1. The third-order valence-electron chi connectivity index (χ3n) is 3.57. The van der Waals surface area contributed by atoms with Crippen molar-refractivity contribution in [2.75, 3.05) is 5.73 Å². The van der Waals surface area contributed by atoms with Crippen LogP contribution < -0.4 is 5.73 Å². The molecule has 2 aromatic rings. The third-order valence-corrected chi connectivity index (χ3v) is 4.90. The van der Waals surface area contributed by atoms with E-state index in [-0.39, 0.29) is 5.02 Å². The van der Waals surface area contributed by atoms with Crippen molar-refractivity contribution in [3.05, 3.63) is 34.0 Å². The molecule has 1 aromatic carbocycles. The molecule has 0 radical (unpaired) electrons. The van der Waals surface area contributed by atoms with Crippen molar-refractivity contribution in [2.24, 2.45) is 0 Å². The van der Waals surface area contributed by atoms with Crippen molar-refractivity contribution in [3.63, 3.8) is 0 Å². The highest BCUT2D eigenvalue weighted by atomic mass is 35.5. The Hall–Kier alpha value is -1.13. The molecule has 0 spiro atoms. The van der Waals surface area contributed by atoms with E-state index in [4.69, 9.17) is 17.3 Å². The van der Waals surface area contributed by atoms with Crippen LogP contribution in [0.15, 0.2) is 18.2 Å². The van der Waals surface area contributed by atoms with Gasteiger partial charge in [0.25, 0.3) is 0 Å². The molecule has 0 aliphatic heterocycles. The predicted octanol–water partition coefficient (Wildman–Crippen LogP) is 4.84. The summed E-state index contributed by atoms with van der Waals surface area (Å²) in [5, 5.41) is 1.89. The Morgan fingerprint density at radius 3 is 2.74 bits per heavy atom. The Kier molecular flexibility index (Phi) is 3.46. The zero-order chi connectivity index (χ0) is 13.4. The Bertz CT molecular complexity index is 605. The van der Waals surface area contributed by atoms with Gasteiger partial charge in [-0.2, -0.15) is 0 Å². The Morgan fingerprint density at radius 1 is 1.32 bits per heavy atom. The number of nitrogens with two attached hydrogens (primary N) is 1. The van der Waals surface area contributed by atoms with E-state index in [0.29, 0.717) is 10.9 Å². The largest absolute Gasteiger partial charge is 0.389 e. The van der Waals surface area contributed by atoms with Gasteiger partial charge in [0.15, 0.2) is 0 Å². The molecule has 0 atom stereocenters. The van der Waals surface area contributed by atoms with Gasteiger partial charge in [-0.3, -0.25) is 0 Å². The lowest BCUT2D eigenvalue weighted by Gasteiger charge is -2.03. The molecule has 1 aliphatic rings. The van der Waals surface area contributed by atoms with Gasteiger partial charge in [-0.15, -0.1) is 11.3 Å². The predicted molar refractivity (Wildman–Crippen MR) is 78.1 cm³/mol. The highest BCUT2D eigenvalue weighted by Gasteiger charge is 2.22. The molecule has 1 aromatic heterocycles. The van der Waals surface area contributed by atoms with E-state index in [1.165, 1.54) is 31.7 Å². The van der Waals surface area contributed by atoms with E-state index in [1.54, 1.807) is 23.5 Å². The molecule has 0 amide bonds. The van der Waals surface area contributed by atoms with Crippen molar-refractivity contribution in [1.82, 2.24) is 4.98 Å². The van der Waals surface area contributed by atoms with Crippen molar-refractivity contribution in [3.8, 4) is 11.3 Å². The number of hydrogen-bond acceptors (Lipinski definition) is 3. The molecular weight excluding hydrogens is 283 g/mol. The maximum absolute atomic E-state index is 13.2. The zero-order valence-corrected chi connectivity index (χ0v) is 11.9. The van der Waals surface area contributed by atoms with Crippen LogP contribution in [0.1, 0.15) is 36.6 Å². The van der Waals surface area contributed by atoms with Crippen LogP contribution in [0.2, 0.25) is 5.02 Å². The monoisotopic (exact) mass is 296 g/mol. The average molecular weight is 297 g/mol. The van der Waals surface area contributed by atoms with E-state index in [1.807, 2.05) is 0 Å². The second-order valence-electron chi connectivity index (χ2n) is 4.88. The zero-order valence-electron chi connectivity index (χ0n) is 10.3. The molecule has 0 saturated heterocycles. The maximum atomic E-state index is 13.2. The van der Waals surface area contributed by atoms with E-state index in [0.717, 1.165) is 16.3 Å². The van der Waals surface area contributed by atoms with Crippen LogP contribution in [0.4, 0.5) is 9.39 Å². The molecule has 19 heavy (non-hydrogen) atoms. The summed E-state index contributed by atoms with van der Waals surface area (Å²) in [5.41, 5.74) is 7.56. The normalized spacial score (nSPS) is 16.1. The molecular formula is C14H14ClFN2S. The second kappa shape index (κ2) is 5.10. The Morgan fingerprint density at radius 2 is 2.05 bits per heavy atom. The standard InChI is InChI=1S/C14H14ClFN2S/c15-10-7-9(5-6-11(10)16)12-13(17)19-14(18-12)8-3-1-2-4-8/h5-8H,1-4,17H2. The van der Waals surface area contributed by atoms with E-state index < -0.39 is 5.82 Å². The average Bonchev–Trinajstić information content (AvgIpc) is 3.01. The lowest BCUT2D eigenvalue weighted by Crippen LogP contribution is -1.91. The minimum Gasteiger partial charge on any atom is -0.389 e. The number of rotatable bonds is 2. The van der Waals surface area contributed by atoms with Crippen LogP contribution in [-0.4, -0.2) is 4.98 Å². The summed E-state index contributed by atoms with van der Waals surface area (Å²) < 4.78 is 13.2. The topological polar surface area (TPSA) is 38.9 Å². The SMILES string of the molecule is Nc1sc(C2CCCC2)nc1-c1ccc(F)c(Cl)c1.